The first kappa shape index (κ1) is 16.8. The first-order valence-electron chi connectivity index (χ1n) is 7.15. The van der Waals surface area contributed by atoms with Crippen LogP contribution in [-0.4, -0.2) is 11.0 Å². The van der Waals surface area contributed by atoms with E-state index < -0.39 is 0 Å². The van der Waals surface area contributed by atoms with E-state index in [-0.39, 0.29) is 6.03 Å². The molecule has 0 aliphatic rings. The Hall–Kier alpha value is -2.02. The van der Waals surface area contributed by atoms with Crippen LogP contribution in [0.25, 0.3) is 0 Å². The summed E-state index contributed by atoms with van der Waals surface area (Å²) in [6.07, 6.45) is 0. The lowest BCUT2D eigenvalue weighted by atomic mass is 10.3. The Morgan fingerprint density at radius 2 is 1.83 bits per heavy atom. The minimum atomic E-state index is -0.325. The van der Waals surface area contributed by atoms with E-state index in [4.69, 9.17) is 11.6 Å². The fourth-order valence-electron chi connectivity index (χ4n) is 1.90. The van der Waals surface area contributed by atoms with Gasteiger partial charge in [0.25, 0.3) is 0 Å². The third kappa shape index (κ3) is 4.99. The van der Waals surface area contributed by atoms with E-state index in [9.17, 15) is 4.79 Å². The number of rotatable bonds is 5. The van der Waals surface area contributed by atoms with Gasteiger partial charge in [-0.25, -0.2) is 9.78 Å². The third-order valence-corrected chi connectivity index (χ3v) is 5.11. The second-order valence-corrected chi connectivity index (χ2v) is 7.18. The number of hydrogen-bond donors (Lipinski definition) is 2. The molecular weight excluding hydrogens is 362 g/mol. The number of thiazole rings is 1. The van der Waals surface area contributed by atoms with Gasteiger partial charge in [0.05, 0.1) is 5.69 Å². The fourth-order valence-corrected chi connectivity index (χ4v) is 3.65. The Morgan fingerprint density at radius 1 is 1.08 bits per heavy atom. The number of amides is 2. The van der Waals surface area contributed by atoms with Crippen molar-refractivity contribution >= 4 is 51.5 Å². The monoisotopic (exact) mass is 375 g/mol. The van der Waals surface area contributed by atoms with E-state index in [1.54, 1.807) is 36.0 Å². The number of nitrogens with one attached hydrogen (secondary N) is 2. The summed E-state index contributed by atoms with van der Waals surface area (Å²) < 4.78 is 0. The van der Waals surface area contributed by atoms with Crippen LogP contribution in [0.2, 0.25) is 5.02 Å². The topological polar surface area (TPSA) is 54.0 Å². The normalized spacial score (nSPS) is 10.4. The Balaban J connectivity index is 1.51. The quantitative estimate of drug-likeness (QED) is 0.559. The van der Waals surface area contributed by atoms with Crippen molar-refractivity contribution in [2.24, 2.45) is 0 Å². The molecule has 0 aliphatic carbocycles. The standard InChI is InChI=1S/C17H14ClN3OS2/c18-12-6-8-13(9-7-12)19-16(22)21-17-20-14(11-24-17)10-23-15-4-2-1-3-5-15/h1-9,11H,10H2,(H2,19,20,21,22). The minimum absolute atomic E-state index is 0.325. The number of thioether (sulfide) groups is 1. The Labute approximate surface area is 153 Å². The summed E-state index contributed by atoms with van der Waals surface area (Å²) in [6.45, 7) is 0. The second-order valence-electron chi connectivity index (χ2n) is 4.83. The molecule has 0 saturated heterocycles. The van der Waals surface area contributed by atoms with Crippen LogP contribution in [0.4, 0.5) is 15.6 Å². The molecule has 2 N–H and O–H groups in total. The van der Waals surface area contributed by atoms with Gasteiger partial charge < -0.3 is 5.32 Å². The van der Waals surface area contributed by atoms with Gasteiger partial charge in [-0.3, -0.25) is 5.32 Å². The van der Waals surface area contributed by atoms with Crippen molar-refractivity contribution in [2.75, 3.05) is 10.6 Å². The fraction of sp³-hybridized carbons (Fsp3) is 0.0588. The molecule has 0 atom stereocenters. The molecule has 0 radical (unpaired) electrons. The summed E-state index contributed by atoms with van der Waals surface area (Å²) >= 11 is 8.94. The molecule has 24 heavy (non-hydrogen) atoms. The van der Waals surface area contributed by atoms with Crippen LogP contribution in [0.3, 0.4) is 0 Å². The summed E-state index contributed by atoms with van der Waals surface area (Å²) in [5.74, 6) is 0.765. The molecule has 0 unspecified atom stereocenters. The second kappa shape index (κ2) is 8.19. The molecule has 3 aromatic rings. The lowest BCUT2D eigenvalue weighted by Gasteiger charge is -2.05. The number of benzene rings is 2. The first-order chi connectivity index (χ1) is 11.7. The smallest absolute Gasteiger partial charge is 0.308 e. The zero-order chi connectivity index (χ0) is 16.8. The van der Waals surface area contributed by atoms with E-state index in [0.29, 0.717) is 15.8 Å². The highest BCUT2D eigenvalue weighted by atomic mass is 35.5. The van der Waals surface area contributed by atoms with Gasteiger partial charge in [0.15, 0.2) is 5.13 Å². The van der Waals surface area contributed by atoms with Gasteiger partial charge in [-0.15, -0.1) is 23.1 Å². The number of anilines is 2. The lowest BCUT2D eigenvalue weighted by Crippen LogP contribution is -2.19. The average molecular weight is 376 g/mol. The molecule has 1 heterocycles. The molecule has 1 aromatic heterocycles. The van der Waals surface area contributed by atoms with Crippen molar-refractivity contribution in [3.8, 4) is 0 Å². The largest absolute Gasteiger partial charge is 0.325 e. The zero-order valence-corrected chi connectivity index (χ0v) is 14.9. The number of nitrogens with zero attached hydrogens (tertiary/aromatic N) is 1. The van der Waals surface area contributed by atoms with Crippen molar-refractivity contribution in [3.63, 3.8) is 0 Å². The number of carbonyl (C=O) groups excluding carboxylic acids is 1. The van der Waals surface area contributed by atoms with Gasteiger partial charge in [-0.2, -0.15) is 0 Å². The summed E-state index contributed by atoms with van der Waals surface area (Å²) in [4.78, 5) is 17.6. The van der Waals surface area contributed by atoms with Gasteiger partial charge in [-0.1, -0.05) is 29.8 Å². The van der Waals surface area contributed by atoms with Gasteiger partial charge in [0, 0.05) is 26.7 Å². The van der Waals surface area contributed by atoms with Crippen molar-refractivity contribution in [1.82, 2.24) is 4.98 Å². The maximum Gasteiger partial charge on any atom is 0.325 e. The van der Waals surface area contributed by atoms with E-state index in [0.717, 1.165) is 11.4 Å². The lowest BCUT2D eigenvalue weighted by molar-refractivity contribution is 0.262. The highest BCUT2D eigenvalue weighted by Crippen LogP contribution is 2.25. The molecule has 0 saturated carbocycles. The summed E-state index contributed by atoms with van der Waals surface area (Å²) in [7, 11) is 0. The molecule has 7 heteroatoms. The molecule has 2 amide bonds. The molecule has 122 valence electrons. The van der Waals surface area contributed by atoms with Crippen LogP contribution in [-0.2, 0) is 5.75 Å². The van der Waals surface area contributed by atoms with Crippen LogP contribution in [0.1, 0.15) is 5.69 Å². The first-order valence-corrected chi connectivity index (χ1v) is 9.39. The molecule has 3 rings (SSSR count). The van der Waals surface area contributed by atoms with Gasteiger partial charge in [0.2, 0.25) is 0 Å². The Bertz CT molecular complexity index is 806. The van der Waals surface area contributed by atoms with Crippen LogP contribution in [0.15, 0.2) is 64.9 Å². The number of aromatic nitrogens is 1. The van der Waals surface area contributed by atoms with E-state index >= 15 is 0 Å². The van der Waals surface area contributed by atoms with Crippen molar-refractivity contribution < 1.29 is 4.79 Å². The van der Waals surface area contributed by atoms with E-state index in [2.05, 4.69) is 27.8 Å². The predicted octanol–water partition coefficient (Wildman–Crippen LogP) is 5.73. The van der Waals surface area contributed by atoms with Crippen LogP contribution in [0.5, 0.6) is 0 Å². The zero-order valence-electron chi connectivity index (χ0n) is 12.5. The molecule has 4 nitrogen and oxygen atoms in total. The van der Waals surface area contributed by atoms with Crippen LogP contribution >= 0.6 is 34.7 Å². The maximum atomic E-state index is 12.0. The van der Waals surface area contributed by atoms with Crippen LogP contribution in [0, 0.1) is 0 Å². The number of halogens is 1. The average Bonchev–Trinajstić information content (AvgIpc) is 3.03. The number of carbonyl (C=O) groups is 1. The van der Waals surface area contributed by atoms with Gasteiger partial charge >= 0.3 is 6.03 Å². The predicted molar refractivity (Wildman–Crippen MR) is 102 cm³/mol. The summed E-state index contributed by atoms with van der Waals surface area (Å²) in [5, 5.41) is 8.63. The minimum Gasteiger partial charge on any atom is -0.308 e. The molecule has 0 bridgehead atoms. The number of urea groups is 1. The van der Waals surface area contributed by atoms with E-state index in [1.165, 1.54) is 16.2 Å². The van der Waals surface area contributed by atoms with Crippen molar-refractivity contribution in [2.45, 2.75) is 10.6 Å². The molecule has 0 aliphatic heterocycles. The van der Waals surface area contributed by atoms with Crippen molar-refractivity contribution in [3.05, 3.63) is 70.7 Å². The van der Waals surface area contributed by atoms with Gasteiger partial charge in [0.1, 0.15) is 0 Å². The molecule has 0 spiro atoms. The molecule has 2 aromatic carbocycles. The summed E-state index contributed by atoms with van der Waals surface area (Å²) in [5.41, 5.74) is 1.61. The highest BCUT2D eigenvalue weighted by Gasteiger charge is 2.07. The number of hydrogen-bond acceptors (Lipinski definition) is 4. The Morgan fingerprint density at radius 3 is 2.58 bits per heavy atom. The van der Waals surface area contributed by atoms with E-state index in [1.807, 2.05) is 23.6 Å². The highest BCUT2D eigenvalue weighted by molar-refractivity contribution is 7.98. The SMILES string of the molecule is O=C(Nc1ccc(Cl)cc1)Nc1nc(CSc2ccccc2)cs1. The van der Waals surface area contributed by atoms with Gasteiger partial charge in [-0.05, 0) is 36.4 Å². The summed E-state index contributed by atoms with van der Waals surface area (Å²) in [6, 6.07) is 16.7. The molecule has 0 fully saturated rings. The molecular formula is C17H14ClN3OS2. The third-order valence-electron chi connectivity index (χ3n) is 3.00. The van der Waals surface area contributed by atoms with Crippen LogP contribution < -0.4 is 10.6 Å². The van der Waals surface area contributed by atoms with Crippen molar-refractivity contribution in [1.29, 1.82) is 0 Å². The Kier molecular flexibility index (Phi) is 5.74. The maximum absolute atomic E-state index is 12.0.